The standard InChI is InChI=1S/C9H8O2.C4H6O7S/c10-9(11)7-6-8-4-2-1-3-5-8;5-3(6)1-2(4(7)8)12(9,10)11/h1-7H,(H,10,11);2H,1H2,(H,5,6)(H,7,8)(H,9,10,11). The van der Waals surface area contributed by atoms with Crippen LogP contribution in [-0.4, -0.2) is 51.4 Å². The maximum atomic E-state index is 10.2. The van der Waals surface area contributed by atoms with Crippen molar-refractivity contribution in [3.63, 3.8) is 0 Å². The molecule has 1 atom stereocenters. The fourth-order valence-corrected chi connectivity index (χ4v) is 1.82. The first kappa shape index (κ1) is 20.3. The molecular formula is C13H14O9S. The number of carbonyl (C=O) groups is 3. The molecule has 0 radical (unpaired) electrons. The van der Waals surface area contributed by atoms with Gasteiger partial charge in [-0.15, -0.1) is 0 Å². The molecule has 0 saturated heterocycles. The first-order valence-electron chi connectivity index (χ1n) is 5.91. The van der Waals surface area contributed by atoms with Crippen LogP contribution in [0.4, 0.5) is 0 Å². The predicted octanol–water partition coefficient (Wildman–Crippen LogP) is 0.587. The molecule has 10 heteroatoms. The Labute approximate surface area is 131 Å². The minimum Gasteiger partial charge on any atom is -0.481 e. The van der Waals surface area contributed by atoms with Gasteiger partial charge < -0.3 is 15.3 Å². The molecule has 0 fully saturated rings. The van der Waals surface area contributed by atoms with E-state index in [0.717, 1.165) is 11.6 Å². The Morgan fingerprint density at radius 3 is 1.87 bits per heavy atom. The average molecular weight is 346 g/mol. The summed E-state index contributed by atoms with van der Waals surface area (Å²) >= 11 is 0. The maximum Gasteiger partial charge on any atom is 0.328 e. The zero-order valence-corrected chi connectivity index (χ0v) is 12.4. The lowest BCUT2D eigenvalue weighted by Gasteiger charge is -2.04. The zero-order chi connectivity index (χ0) is 18.0. The topological polar surface area (TPSA) is 166 Å². The lowest BCUT2D eigenvalue weighted by atomic mass is 10.2. The van der Waals surface area contributed by atoms with Crippen LogP contribution >= 0.6 is 0 Å². The van der Waals surface area contributed by atoms with Crippen LogP contribution in [0.5, 0.6) is 0 Å². The molecule has 0 heterocycles. The lowest BCUT2D eigenvalue weighted by molar-refractivity contribution is -0.143. The minimum atomic E-state index is -4.84. The second-order valence-electron chi connectivity index (χ2n) is 4.02. The van der Waals surface area contributed by atoms with Crippen molar-refractivity contribution < 1.29 is 42.7 Å². The Balaban J connectivity index is 0.000000422. The normalized spacial score (nSPS) is 12.0. The highest BCUT2D eigenvalue weighted by Crippen LogP contribution is 2.04. The Hall–Kier alpha value is -2.72. The highest BCUT2D eigenvalue weighted by atomic mass is 32.2. The molecule has 0 saturated carbocycles. The van der Waals surface area contributed by atoms with Gasteiger partial charge in [-0.2, -0.15) is 8.42 Å². The molecule has 0 aliphatic heterocycles. The molecule has 23 heavy (non-hydrogen) atoms. The maximum absolute atomic E-state index is 10.2. The molecule has 0 aromatic heterocycles. The quantitative estimate of drug-likeness (QED) is 0.425. The molecule has 0 bridgehead atoms. The van der Waals surface area contributed by atoms with Crippen molar-refractivity contribution in [3.8, 4) is 0 Å². The molecule has 9 nitrogen and oxygen atoms in total. The van der Waals surface area contributed by atoms with E-state index in [0.29, 0.717) is 0 Å². The molecule has 1 unspecified atom stereocenters. The van der Waals surface area contributed by atoms with Gasteiger partial charge in [-0.25, -0.2) is 4.79 Å². The number of rotatable bonds is 6. The van der Waals surface area contributed by atoms with E-state index in [-0.39, 0.29) is 0 Å². The summed E-state index contributed by atoms with van der Waals surface area (Å²) in [6.07, 6.45) is 1.52. The highest BCUT2D eigenvalue weighted by Gasteiger charge is 2.33. The summed E-state index contributed by atoms with van der Waals surface area (Å²) < 4.78 is 28.7. The molecule has 0 aliphatic rings. The van der Waals surface area contributed by atoms with Gasteiger partial charge in [0.25, 0.3) is 10.1 Å². The van der Waals surface area contributed by atoms with Gasteiger partial charge in [-0.3, -0.25) is 14.1 Å². The highest BCUT2D eigenvalue weighted by molar-refractivity contribution is 7.87. The van der Waals surface area contributed by atoms with Crippen molar-refractivity contribution in [1.82, 2.24) is 0 Å². The van der Waals surface area contributed by atoms with Crippen LogP contribution in [0.1, 0.15) is 12.0 Å². The van der Waals surface area contributed by atoms with Crippen molar-refractivity contribution in [2.45, 2.75) is 11.7 Å². The molecule has 4 N–H and O–H groups in total. The van der Waals surface area contributed by atoms with Crippen molar-refractivity contribution in [3.05, 3.63) is 42.0 Å². The lowest BCUT2D eigenvalue weighted by Crippen LogP contribution is -2.31. The summed E-state index contributed by atoms with van der Waals surface area (Å²) in [7, 11) is -4.84. The van der Waals surface area contributed by atoms with Gasteiger partial charge in [0, 0.05) is 6.08 Å². The van der Waals surface area contributed by atoms with Crippen LogP contribution in [0.15, 0.2) is 36.4 Å². The van der Waals surface area contributed by atoms with E-state index in [9.17, 15) is 22.8 Å². The second-order valence-corrected chi connectivity index (χ2v) is 5.62. The van der Waals surface area contributed by atoms with Gasteiger partial charge in [0.15, 0.2) is 5.25 Å². The summed E-state index contributed by atoms with van der Waals surface area (Å²) in [5.41, 5.74) is 0.898. The molecule has 1 aromatic carbocycles. The first-order valence-corrected chi connectivity index (χ1v) is 7.41. The van der Waals surface area contributed by atoms with Gasteiger partial charge in [-0.05, 0) is 11.6 Å². The molecule has 0 amide bonds. The van der Waals surface area contributed by atoms with Crippen molar-refractivity contribution in [2.24, 2.45) is 0 Å². The number of hydrogen-bond donors (Lipinski definition) is 4. The van der Waals surface area contributed by atoms with Gasteiger partial charge in [-0.1, -0.05) is 30.3 Å². The first-order chi connectivity index (χ1) is 10.5. The van der Waals surface area contributed by atoms with Gasteiger partial charge in [0.2, 0.25) is 0 Å². The van der Waals surface area contributed by atoms with Crippen molar-refractivity contribution in [2.75, 3.05) is 0 Å². The number of carboxylic acid groups (broad SMARTS) is 3. The zero-order valence-electron chi connectivity index (χ0n) is 11.6. The van der Waals surface area contributed by atoms with Crippen LogP contribution in [-0.2, 0) is 24.5 Å². The van der Waals surface area contributed by atoms with Crippen LogP contribution in [0.2, 0.25) is 0 Å². The van der Waals surface area contributed by atoms with Gasteiger partial charge in [0.1, 0.15) is 0 Å². The van der Waals surface area contributed by atoms with E-state index < -0.39 is 39.7 Å². The van der Waals surface area contributed by atoms with Gasteiger partial charge >= 0.3 is 17.9 Å². The van der Waals surface area contributed by atoms with Crippen LogP contribution in [0.3, 0.4) is 0 Å². The monoisotopic (exact) mass is 346 g/mol. The van der Waals surface area contributed by atoms with E-state index >= 15 is 0 Å². The summed E-state index contributed by atoms with van der Waals surface area (Å²) in [5, 5.41) is 22.2. The number of aliphatic carboxylic acids is 3. The summed E-state index contributed by atoms with van der Waals surface area (Å²) in [4.78, 5) is 30.1. The Morgan fingerprint density at radius 1 is 1.04 bits per heavy atom. The molecule has 1 aromatic rings. The van der Waals surface area contributed by atoms with Crippen LogP contribution < -0.4 is 0 Å². The smallest absolute Gasteiger partial charge is 0.328 e. The van der Waals surface area contributed by atoms with E-state index in [4.69, 9.17) is 19.9 Å². The van der Waals surface area contributed by atoms with Crippen LogP contribution in [0.25, 0.3) is 6.08 Å². The average Bonchev–Trinajstić information content (AvgIpc) is 2.43. The molecule has 126 valence electrons. The molecular weight excluding hydrogens is 332 g/mol. The third-order valence-corrected chi connectivity index (χ3v) is 3.30. The molecule has 0 aliphatic carbocycles. The molecule has 1 rings (SSSR count). The minimum absolute atomic E-state index is 0.898. The second kappa shape index (κ2) is 9.33. The predicted molar refractivity (Wildman–Crippen MR) is 78.3 cm³/mol. The Kier molecular flexibility index (Phi) is 8.23. The SMILES string of the molecule is O=C(O)C=Cc1ccccc1.O=C(O)CC(C(=O)O)S(=O)(=O)O. The van der Waals surface area contributed by atoms with E-state index in [2.05, 4.69) is 0 Å². The van der Waals surface area contributed by atoms with Crippen LogP contribution in [0, 0.1) is 0 Å². The number of carboxylic acids is 3. The van der Waals surface area contributed by atoms with Crippen molar-refractivity contribution >= 4 is 34.1 Å². The third-order valence-electron chi connectivity index (χ3n) is 2.21. The van der Waals surface area contributed by atoms with E-state index in [1.165, 1.54) is 0 Å². The summed E-state index contributed by atoms with van der Waals surface area (Å²) in [5.74, 6) is -4.42. The fraction of sp³-hybridized carbons (Fsp3) is 0.154. The summed E-state index contributed by atoms with van der Waals surface area (Å²) in [6.45, 7) is 0. The number of benzene rings is 1. The largest absolute Gasteiger partial charge is 0.481 e. The van der Waals surface area contributed by atoms with E-state index in [1.807, 2.05) is 30.3 Å². The third kappa shape index (κ3) is 9.77. The van der Waals surface area contributed by atoms with Crippen molar-refractivity contribution in [1.29, 1.82) is 0 Å². The fourth-order valence-electron chi connectivity index (χ4n) is 1.21. The molecule has 0 spiro atoms. The van der Waals surface area contributed by atoms with Gasteiger partial charge in [0.05, 0.1) is 6.42 Å². The Bertz CT molecular complexity index is 677. The number of hydrogen-bond acceptors (Lipinski definition) is 5. The Morgan fingerprint density at radius 2 is 1.57 bits per heavy atom. The summed E-state index contributed by atoms with van der Waals surface area (Å²) in [6, 6.07) is 9.31. The van der Waals surface area contributed by atoms with E-state index in [1.54, 1.807) is 6.08 Å².